The predicted octanol–water partition coefficient (Wildman–Crippen LogP) is 7.01. The molecule has 6 rings (SSSR count). The van der Waals surface area contributed by atoms with Crippen molar-refractivity contribution >= 4 is 68.1 Å². The van der Waals surface area contributed by atoms with Crippen molar-refractivity contribution in [1.29, 1.82) is 0 Å². The standard InChI is InChI=1S/C36H48BrN8O2P/c1-7-8-25-9-10-27-29(39-25)11-12-30(34(27)48(5,6)46)40-35-28(37)23-38-36(42-35)41-31-21-24(2)32(22-33(31)47-4)45-15-13-26(14-16-45)44-19-17-43(3)18-20-44/h9-12,21-23,26H,7-8,13-20H2,1-6H3,(H2,38,40,41,42). The van der Waals surface area contributed by atoms with Crippen LogP contribution in [0, 0.1) is 6.92 Å². The number of ether oxygens (including phenoxy) is 1. The summed E-state index contributed by atoms with van der Waals surface area (Å²) in [5.41, 5.74) is 5.80. The molecule has 2 aromatic heterocycles. The largest absolute Gasteiger partial charge is 0.494 e. The number of piperidine rings is 1. The zero-order valence-corrected chi connectivity index (χ0v) is 31.5. The van der Waals surface area contributed by atoms with Crippen LogP contribution in [0.15, 0.2) is 47.1 Å². The van der Waals surface area contributed by atoms with Gasteiger partial charge >= 0.3 is 0 Å². The monoisotopic (exact) mass is 734 g/mol. The molecule has 2 saturated heterocycles. The van der Waals surface area contributed by atoms with Gasteiger partial charge in [0.1, 0.15) is 18.7 Å². The van der Waals surface area contributed by atoms with Crippen LogP contribution in [0.2, 0.25) is 0 Å². The van der Waals surface area contributed by atoms with Crippen LogP contribution < -0.4 is 25.6 Å². The van der Waals surface area contributed by atoms with Crippen LogP contribution in [-0.4, -0.2) is 97.5 Å². The lowest BCUT2D eigenvalue weighted by atomic mass is 10.0. The third-order valence-corrected chi connectivity index (χ3v) is 11.7. The Bertz CT molecular complexity index is 1820. The molecule has 12 heteroatoms. The quantitative estimate of drug-likeness (QED) is 0.166. The molecule has 0 bridgehead atoms. The Balaban J connectivity index is 1.21. The Hall–Kier alpha value is -3.24. The highest BCUT2D eigenvalue weighted by molar-refractivity contribution is 9.10. The van der Waals surface area contributed by atoms with Gasteiger partial charge in [-0.05, 0) is 92.3 Å². The molecule has 0 aliphatic carbocycles. The summed E-state index contributed by atoms with van der Waals surface area (Å²) in [4.78, 5) is 21.8. The molecule has 0 atom stereocenters. The van der Waals surface area contributed by atoms with Gasteiger partial charge in [0.2, 0.25) is 5.95 Å². The van der Waals surface area contributed by atoms with E-state index in [1.165, 1.54) is 37.2 Å². The first kappa shape index (κ1) is 34.6. The summed E-state index contributed by atoms with van der Waals surface area (Å²) in [5.74, 6) is 1.72. The van der Waals surface area contributed by atoms with E-state index in [9.17, 15) is 4.57 Å². The van der Waals surface area contributed by atoms with Crippen molar-refractivity contribution in [2.75, 3.05) is 82.3 Å². The summed E-state index contributed by atoms with van der Waals surface area (Å²) < 4.78 is 20.2. The second-order valence-electron chi connectivity index (χ2n) is 13.5. The molecule has 0 unspecified atom stereocenters. The molecule has 10 nitrogen and oxygen atoms in total. The molecule has 4 aromatic rings. The average molecular weight is 736 g/mol. The summed E-state index contributed by atoms with van der Waals surface area (Å²) >= 11 is 3.62. The van der Waals surface area contributed by atoms with Crippen molar-refractivity contribution in [3.05, 3.63) is 58.3 Å². The van der Waals surface area contributed by atoms with Crippen molar-refractivity contribution in [3.8, 4) is 5.75 Å². The fraction of sp³-hybridized carbons (Fsp3) is 0.472. The maximum Gasteiger partial charge on any atom is 0.229 e. The van der Waals surface area contributed by atoms with E-state index in [4.69, 9.17) is 14.7 Å². The zero-order valence-electron chi connectivity index (χ0n) is 29.0. The normalized spacial score (nSPS) is 16.8. The molecule has 0 radical (unpaired) electrons. The number of hydrogen-bond donors (Lipinski definition) is 2. The highest BCUT2D eigenvalue weighted by atomic mass is 79.9. The molecular weight excluding hydrogens is 687 g/mol. The van der Waals surface area contributed by atoms with Gasteiger partial charge in [0, 0.05) is 79.6 Å². The van der Waals surface area contributed by atoms with Gasteiger partial charge in [-0.25, -0.2) is 4.98 Å². The number of fused-ring (bicyclic) bond motifs is 1. The lowest BCUT2D eigenvalue weighted by Crippen LogP contribution is -2.52. The van der Waals surface area contributed by atoms with Crippen LogP contribution >= 0.6 is 23.1 Å². The fourth-order valence-corrected chi connectivity index (χ4v) is 8.78. The Morgan fingerprint density at radius 1 is 0.979 bits per heavy atom. The second-order valence-corrected chi connectivity index (χ2v) is 17.5. The van der Waals surface area contributed by atoms with Gasteiger partial charge in [-0.2, -0.15) is 4.98 Å². The Morgan fingerprint density at radius 3 is 2.42 bits per heavy atom. The van der Waals surface area contributed by atoms with Gasteiger partial charge in [-0.1, -0.05) is 19.4 Å². The fourth-order valence-electron chi connectivity index (χ4n) is 7.01. The topological polar surface area (TPSA) is 98.8 Å². The summed E-state index contributed by atoms with van der Waals surface area (Å²) in [7, 11) is 1.22. The minimum atomic E-state index is -2.70. The maximum absolute atomic E-state index is 13.6. The number of pyridine rings is 1. The number of piperazine rings is 1. The molecule has 2 fully saturated rings. The first-order chi connectivity index (χ1) is 23.0. The van der Waals surface area contributed by atoms with Crippen LogP contribution in [0.1, 0.15) is 37.4 Å². The second kappa shape index (κ2) is 14.7. The Morgan fingerprint density at radius 2 is 1.73 bits per heavy atom. The molecular formula is C36H48BrN8O2P. The molecule has 2 N–H and O–H groups in total. The first-order valence-electron chi connectivity index (χ1n) is 16.9. The number of hydrogen-bond acceptors (Lipinski definition) is 10. The van der Waals surface area contributed by atoms with E-state index in [-0.39, 0.29) is 0 Å². The molecule has 2 aliphatic rings. The molecule has 0 saturated carbocycles. The van der Waals surface area contributed by atoms with Crippen LogP contribution in [0.3, 0.4) is 0 Å². The molecule has 256 valence electrons. The number of nitrogens with one attached hydrogen (secondary N) is 2. The third kappa shape index (κ3) is 7.65. The van der Waals surface area contributed by atoms with Crippen molar-refractivity contribution in [1.82, 2.24) is 24.8 Å². The van der Waals surface area contributed by atoms with Gasteiger partial charge in [-0.3, -0.25) is 9.88 Å². The molecule has 0 spiro atoms. The van der Waals surface area contributed by atoms with E-state index < -0.39 is 7.14 Å². The number of nitrogens with zero attached hydrogens (tertiary/aromatic N) is 6. The van der Waals surface area contributed by atoms with Crippen LogP contribution in [0.5, 0.6) is 5.75 Å². The number of methoxy groups -OCH3 is 1. The van der Waals surface area contributed by atoms with Crippen LogP contribution in [0.25, 0.3) is 10.9 Å². The highest BCUT2D eigenvalue weighted by Gasteiger charge is 2.28. The molecule has 2 aromatic carbocycles. The van der Waals surface area contributed by atoms with Crippen LogP contribution in [-0.2, 0) is 11.0 Å². The Kier molecular flexibility index (Phi) is 10.6. The van der Waals surface area contributed by atoms with Gasteiger partial charge < -0.3 is 29.7 Å². The number of aryl methyl sites for hydroxylation is 2. The van der Waals surface area contributed by atoms with E-state index in [1.54, 1.807) is 26.6 Å². The first-order valence-corrected chi connectivity index (χ1v) is 20.3. The van der Waals surface area contributed by atoms with Crippen molar-refractivity contribution in [2.24, 2.45) is 0 Å². The molecule has 0 amide bonds. The van der Waals surface area contributed by atoms with E-state index in [0.717, 1.165) is 78.0 Å². The maximum atomic E-state index is 13.6. The minimum Gasteiger partial charge on any atom is -0.494 e. The SMILES string of the molecule is CCCc1ccc2c(P(C)(C)=O)c(Nc3nc(Nc4cc(C)c(N5CCC(N6CCN(C)CC6)CC5)cc4OC)ncc3Br)ccc2n1. The minimum absolute atomic E-state index is 0.420. The number of rotatable bonds is 10. The summed E-state index contributed by atoms with van der Waals surface area (Å²) in [6, 6.07) is 12.9. The average Bonchev–Trinajstić information content (AvgIpc) is 3.06. The number of benzene rings is 2. The highest BCUT2D eigenvalue weighted by Crippen LogP contribution is 2.42. The van der Waals surface area contributed by atoms with Crippen molar-refractivity contribution in [2.45, 2.75) is 45.6 Å². The van der Waals surface area contributed by atoms with Gasteiger partial charge in [0.15, 0.2) is 0 Å². The number of halogens is 1. The summed E-state index contributed by atoms with van der Waals surface area (Å²) in [6.07, 6.45) is 6.00. The van der Waals surface area contributed by atoms with E-state index >= 15 is 0 Å². The lowest BCUT2D eigenvalue weighted by molar-refractivity contribution is 0.0982. The van der Waals surface area contributed by atoms with E-state index in [1.807, 2.05) is 24.3 Å². The van der Waals surface area contributed by atoms with E-state index in [2.05, 4.69) is 79.3 Å². The van der Waals surface area contributed by atoms with Gasteiger partial charge in [-0.15, -0.1) is 0 Å². The Labute approximate surface area is 293 Å². The van der Waals surface area contributed by atoms with Crippen molar-refractivity contribution in [3.63, 3.8) is 0 Å². The van der Waals surface area contributed by atoms with Crippen LogP contribution in [0.4, 0.5) is 28.8 Å². The number of likely N-dealkylation sites (N-methyl/N-ethyl adjacent to an activating group) is 1. The predicted molar refractivity (Wildman–Crippen MR) is 203 cm³/mol. The van der Waals surface area contributed by atoms with Gasteiger partial charge in [0.25, 0.3) is 0 Å². The van der Waals surface area contributed by atoms with Gasteiger partial charge in [0.05, 0.1) is 28.5 Å². The molecule has 4 heterocycles. The molecule has 2 aliphatic heterocycles. The summed E-state index contributed by atoms with van der Waals surface area (Å²) in [6.45, 7) is 14.6. The molecule has 48 heavy (non-hydrogen) atoms. The number of aromatic nitrogens is 3. The van der Waals surface area contributed by atoms with Crippen molar-refractivity contribution < 1.29 is 9.30 Å². The van der Waals surface area contributed by atoms with E-state index in [0.29, 0.717) is 22.3 Å². The number of anilines is 5. The smallest absolute Gasteiger partial charge is 0.229 e. The zero-order chi connectivity index (χ0) is 34.0. The third-order valence-electron chi connectivity index (χ3n) is 9.57. The summed E-state index contributed by atoms with van der Waals surface area (Å²) in [5, 5.41) is 8.49. The lowest BCUT2D eigenvalue weighted by Gasteiger charge is -2.43.